The molecule has 1 aliphatic heterocycles. The van der Waals surface area contributed by atoms with Gasteiger partial charge in [-0.2, -0.15) is 0 Å². The van der Waals surface area contributed by atoms with Gasteiger partial charge in [-0.3, -0.25) is 4.79 Å². The number of nitrogens with one attached hydrogen (secondary N) is 1. The molecular weight excluding hydrogens is 275 g/mol. The summed E-state index contributed by atoms with van der Waals surface area (Å²) in [6.45, 7) is 4.17. The molecule has 1 aromatic carbocycles. The van der Waals surface area contributed by atoms with Crippen molar-refractivity contribution in [2.45, 2.75) is 12.5 Å². The van der Waals surface area contributed by atoms with Crippen molar-refractivity contribution >= 4 is 5.91 Å². The molecule has 21 heavy (non-hydrogen) atoms. The first-order valence-electron chi connectivity index (χ1n) is 6.96. The van der Waals surface area contributed by atoms with E-state index in [1.165, 1.54) is 11.0 Å². The Hall–Kier alpha value is -1.66. The molecule has 0 radical (unpaired) electrons. The lowest BCUT2D eigenvalue weighted by molar-refractivity contribution is -0.145. The zero-order valence-corrected chi connectivity index (χ0v) is 12.4. The van der Waals surface area contributed by atoms with Crippen LogP contribution in [-0.4, -0.2) is 56.3 Å². The van der Waals surface area contributed by atoms with Gasteiger partial charge in [0.05, 0.1) is 12.1 Å². The summed E-state index contributed by atoms with van der Waals surface area (Å²) in [6, 6.07) is 6.20. The molecule has 0 bridgehead atoms. The quantitative estimate of drug-likeness (QED) is 0.817. The fourth-order valence-corrected chi connectivity index (χ4v) is 1.90. The molecule has 116 valence electrons. The molecule has 0 aromatic heterocycles. The van der Waals surface area contributed by atoms with Gasteiger partial charge in [-0.25, -0.2) is 4.39 Å². The highest BCUT2D eigenvalue weighted by molar-refractivity contribution is 5.77. The largest absolute Gasteiger partial charge is 0.489 e. The average Bonchev–Trinajstić information content (AvgIpc) is 2.44. The molecule has 0 spiro atoms. The Morgan fingerprint density at radius 2 is 2.14 bits per heavy atom. The van der Waals surface area contributed by atoms with Gasteiger partial charge in [-0.15, -0.1) is 0 Å². The minimum absolute atomic E-state index is 0.0500. The van der Waals surface area contributed by atoms with Crippen LogP contribution in [0.15, 0.2) is 24.3 Å². The van der Waals surface area contributed by atoms with Gasteiger partial charge >= 0.3 is 0 Å². The average molecular weight is 296 g/mol. The number of hydrogen-bond donors (Lipinski definition) is 1. The molecule has 1 aromatic rings. The minimum atomic E-state index is -0.403. The van der Waals surface area contributed by atoms with Crippen molar-refractivity contribution < 1.29 is 18.7 Å². The molecule has 0 atom stereocenters. The van der Waals surface area contributed by atoms with Crippen LogP contribution in [0.25, 0.3) is 0 Å². The zero-order valence-electron chi connectivity index (χ0n) is 12.4. The van der Waals surface area contributed by atoms with Crippen molar-refractivity contribution in [1.29, 1.82) is 0 Å². The summed E-state index contributed by atoms with van der Waals surface area (Å²) in [4.78, 5) is 13.4. The molecular formula is C15H21FN2O3. The highest BCUT2D eigenvalue weighted by Gasteiger charge is 2.33. The normalized spacial score (nSPS) is 16.1. The number of carbonyl (C=O) groups excluding carboxylic acids is 1. The van der Waals surface area contributed by atoms with Crippen molar-refractivity contribution in [3.8, 4) is 5.75 Å². The molecule has 0 saturated carbocycles. The van der Waals surface area contributed by atoms with Crippen molar-refractivity contribution in [2.75, 3.05) is 39.9 Å². The van der Waals surface area contributed by atoms with Gasteiger partial charge in [0.25, 0.3) is 0 Å². The Kier molecular flexibility index (Phi) is 5.14. The van der Waals surface area contributed by atoms with Crippen LogP contribution in [0.5, 0.6) is 5.75 Å². The van der Waals surface area contributed by atoms with Crippen LogP contribution in [0.3, 0.4) is 0 Å². The number of carbonyl (C=O) groups is 1. The summed E-state index contributed by atoms with van der Waals surface area (Å²) in [5.74, 6) is -0.317. The van der Waals surface area contributed by atoms with Gasteiger partial charge in [-0.05, 0) is 19.1 Å². The first kappa shape index (κ1) is 15.7. The zero-order chi connectivity index (χ0) is 15.3. The molecule has 1 N–H and O–H groups in total. The van der Waals surface area contributed by atoms with E-state index >= 15 is 0 Å². The lowest BCUT2D eigenvalue weighted by Crippen LogP contribution is -2.59. The number of halogens is 1. The number of para-hydroxylation sites is 1. The summed E-state index contributed by atoms with van der Waals surface area (Å²) in [6.07, 6.45) is 0. The fourth-order valence-electron chi connectivity index (χ4n) is 1.90. The SMILES string of the molecule is CN(CCOc1ccccc1F)C(=O)COC1(C)CNC1. The Morgan fingerprint density at radius 1 is 1.43 bits per heavy atom. The van der Waals surface area contributed by atoms with E-state index in [-0.39, 0.29) is 30.5 Å². The molecule has 5 nitrogen and oxygen atoms in total. The maximum atomic E-state index is 13.3. The van der Waals surface area contributed by atoms with E-state index in [4.69, 9.17) is 9.47 Å². The van der Waals surface area contributed by atoms with E-state index in [1.54, 1.807) is 25.2 Å². The Morgan fingerprint density at radius 3 is 2.76 bits per heavy atom. The van der Waals surface area contributed by atoms with E-state index in [2.05, 4.69) is 5.32 Å². The molecule has 0 aliphatic carbocycles. The topological polar surface area (TPSA) is 50.8 Å². The Labute approximate surface area is 124 Å². The number of amides is 1. The second kappa shape index (κ2) is 6.87. The summed E-state index contributed by atoms with van der Waals surface area (Å²) >= 11 is 0. The van der Waals surface area contributed by atoms with Crippen molar-refractivity contribution in [2.24, 2.45) is 0 Å². The molecule has 1 aliphatic rings. The van der Waals surface area contributed by atoms with Gasteiger partial charge in [-0.1, -0.05) is 12.1 Å². The maximum absolute atomic E-state index is 13.3. The summed E-state index contributed by atoms with van der Waals surface area (Å²) in [5.41, 5.74) is -0.236. The van der Waals surface area contributed by atoms with Crippen molar-refractivity contribution in [3.05, 3.63) is 30.1 Å². The number of likely N-dealkylation sites (N-methyl/N-ethyl adjacent to an activating group) is 1. The smallest absolute Gasteiger partial charge is 0.248 e. The number of ether oxygens (including phenoxy) is 2. The van der Waals surface area contributed by atoms with E-state index in [1.807, 2.05) is 6.92 Å². The number of benzene rings is 1. The summed E-state index contributed by atoms with van der Waals surface area (Å²) in [5, 5.41) is 3.11. The highest BCUT2D eigenvalue weighted by Crippen LogP contribution is 2.16. The molecule has 1 heterocycles. The minimum Gasteiger partial charge on any atom is -0.489 e. The van der Waals surface area contributed by atoms with Gasteiger partial charge in [0.15, 0.2) is 11.6 Å². The van der Waals surface area contributed by atoms with Crippen molar-refractivity contribution in [3.63, 3.8) is 0 Å². The lowest BCUT2D eigenvalue weighted by atomic mass is 10.0. The van der Waals surface area contributed by atoms with Crippen LogP contribution in [0, 0.1) is 5.82 Å². The van der Waals surface area contributed by atoms with Gasteiger partial charge < -0.3 is 19.7 Å². The monoisotopic (exact) mass is 296 g/mol. The standard InChI is InChI=1S/C15H21FN2O3/c1-15(10-17-11-15)21-9-14(19)18(2)7-8-20-13-6-4-3-5-12(13)16/h3-6,17H,7-11H2,1-2H3. The van der Waals surface area contributed by atoms with Crippen molar-refractivity contribution in [1.82, 2.24) is 10.2 Å². The molecule has 6 heteroatoms. The number of hydrogen-bond acceptors (Lipinski definition) is 4. The third kappa shape index (κ3) is 4.41. The summed E-state index contributed by atoms with van der Waals surface area (Å²) in [7, 11) is 1.68. The van der Waals surface area contributed by atoms with E-state index in [0.29, 0.717) is 6.54 Å². The van der Waals surface area contributed by atoms with Crippen LogP contribution in [0.1, 0.15) is 6.92 Å². The van der Waals surface area contributed by atoms with Crippen LogP contribution < -0.4 is 10.1 Å². The molecule has 0 unspecified atom stereocenters. The molecule has 1 amide bonds. The van der Waals surface area contributed by atoms with Crippen LogP contribution in [0.2, 0.25) is 0 Å². The Balaban J connectivity index is 1.68. The third-order valence-corrected chi connectivity index (χ3v) is 3.49. The third-order valence-electron chi connectivity index (χ3n) is 3.49. The lowest BCUT2D eigenvalue weighted by Gasteiger charge is -2.39. The number of nitrogens with zero attached hydrogens (tertiary/aromatic N) is 1. The van der Waals surface area contributed by atoms with Gasteiger partial charge in [0.2, 0.25) is 5.91 Å². The predicted molar refractivity (Wildman–Crippen MR) is 76.8 cm³/mol. The van der Waals surface area contributed by atoms with E-state index in [9.17, 15) is 9.18 Å². The summed E-state index contributed by atoms with van der Waals surface area (Å²) < 4.78 is 24.2. The van der Waals surface area contributed by atoms with Gasteiger partial charge in [0, 0.05) is 20.1 Å². The van der Waals surface area contributed by atoms with Crippen LogP contribution in [-0.2, 0) is 9.53 Å². The van der Waals surface area contributed by atoms with E-state index in [0.717, 1.165) is 13.1 Å². The first-order valence-corrected chi connectivity index (χ1v) is 6.96. The second-order valence-corrected chi connectivity index (χ2v) is 5.44. The van der Waals surface area contributed by atoms with Crippen LogP contribution >= 0.6 is 0 Å². The fraction of sp³-hybridized carbons (Fsp3) is 0.533. The highest BCUT2D eigenvalue weighted by atomic mass is 19.1. The maximum Gasteiger partial charge on any atom is 0.248 e. The number of rotatable bonds is 7. The molecule has 1 saturated heterocycles. The van der Waals surface area contributed by atoms with Gasteiger partial charge in [0.1, 0.15) is 13.2 Å². The Bertz CT molecular complexity index is 492. The first-order chi connectivity index (χ1) is 10.0. The molecule has 2 rings (SSSR count). The van der Waals surface area contributed by atoms with Crippen LogP contribution in [0.4, 0.5) is 4.39 Å². The predicted octanol–water partition coefficient (Wildman–Crippen LogP) is 1.04. The molecule has 1 fully saturated rings. The van der Waals surface area contributed by atoms with E-state index < -0.39 is 5.82 Å². The second-order valence-electron chi connectivity index (χ2n) is 5.44.